The van der Waals surface area contributed by atoms with Crippen molar-refractivity contribution < 1.29 is 18.6 Å². The molecule has 0 spiro atoms. The lowest BCUT2D eigenvalue weighted by Gasteiger charge is -2.09. The molecule has 0 aromatic heterocycles. The molecule has 92 valence electrons. The number of rotatable bonds is 5. The first kappa shape index (κ1) is 13.6. The molecule has 0 aliphatic rings. The second kappa shape index (κ2) is 5.75. The van der Waals surface area contributed by atoms with Crippen LogP contribution in [0.25, 0.3) is 0 Å². The van der Waals surface area contributed by atoms with Gasteiger partial charge in [-0.3, -0.25) is 0 Å². The lowest BCUT2D eigenvalue weighted by Crippen LogP contribution is -2.33. The molecule has 0 heterocycles. The van der Waals surface area contributed by atoms with Gasteiger partial charge in [-0.2, -0.15) is 5.26 Å². The van der Waals surface area contributed by atoms with Crippen LogP contribution >= 0.6 is 0 Å². The number of hydrogen-bond acceptors (Lipinski definition) is 5. The summed E-state index contributed by atoms with van der Waals surface area (Å²) in [5, 5.41) is 26.2. The molecular weight excluding hydrogens is 244 g/mol. The highest BCUT2D eigenvalue weighted by molar-refractivity contribution is 7.89. The number of nitriles is 1. The zero-order valence-corrected chi connectivity index (χ0v) is 9.68. The fraction of sp³-hybridized carbons (Fsp3) is 0.300. The molecule has 0 radical (unpaired) electrons. The molecule has 1 unspecified atom stereocenters. The molecule has 7 heteroatoms. The van der Waals surface area contributed by atoms with Crippen LogP contribution in [0.1, 0.15) is 5.56 Å². The maximum atomic E-state index is 11.7. The van der Waals surface area contributed by atoms with Gasteiger partial charge in [0, 0.05) is 6.54 Å². The van der Waals surface area contributed by atoms with E-state index in [0.717, 1.165) is 0 Å². The summed E-state index contributed by atoms with van der Waals surface area (Å²) in [7, 11) is -3.77. The van der Waals surface area contributed by atoms with Crippen molar-refractivity contribution in [2.45, 2.75) is 11.0 Å². The van der Waals surface area contributed by atoms with Crippen LogP contribution in [0.15, 0.2) is 29.2 Å². The Morgan fingerprint density at radius 1 is 1.47 bits per heavy atom. The third kappa shape index (κ3) is 3.80. The smallest absolute Gasteiger partial charge is 0.240 e. The molecule has 0 fully saturated rings. The van der Waals surface area contributed by atoms with Crippen LogP contribution < -0.4 is 4.72 Å². The minimum atomic E-state index is -3.77. The molecule has 0 amide bonds. The van der Waals surface area contributed by atoms with Gasteiger partial charge in [-0.05, 0) is 18.2 Å². The Morgan fingerprint density at radius 2 is 2.18 bits per heavy atom. The molecule has 3 N–H and O–H groups in total. The van der Waals surface area contributed by atoms with Gasteiger partial charge in [0.15, 0.2) is 0 Å². The summed E-state index contributed by atoms with van der Waals surface area (Å²) in [5.41, 5.74) is 0.232. The Kier molecular flexibility index (Phi) is 4.60. The van der Waals surface area contributed by atoms with Gasteiger partial charge in [0.25, 0.3) is 0 Å². The monoisotopic (exact) mass is 256 g/mol. The predicted molar refractivity (Wildman–Crippen MR) is 59.4 cm³/mol. The summed E-state index contributed by atoms with van der Waals surface area (Å²) >= 11 is 0. The lowest BCUT2D eigenvalue weighted by molar-refractivity contribution is 0.0988. The first-order chi connectivity index (χ1) is 7.99. The molecule has 0 aliphatic heterocycles. The van der Waals surface area contributed by atoms with Crippen molar-refractivity contribution in [3.63, 3.8) is 0 Å². The van der Waals surface area contributed by atoms with Gasteiger partial charge in [0.2, 0.25) is 10.0 Å². The van der Waals surface area contributed by atoms with E-state index in [1.54, 1.807) is 0 Å². The van der Waals surface area contributed by atoms with Crippen molar-refractivity contribution in [1.82, 2.24) is 4.72 Å². The van der Waals surface area contributed by atoms with Crippen LogP contribution in [0.2, 0.25) is 0 Å². The predicted octanol–water partition coefficient (Wildman–Crippen LogP) is -0.810. The van der Waals surface area contributed by atoms with Crippen molar-refractivity contribution in [2.75, 3.05) is 13.2 Å². The summed E-state index contributed by atoms with van der Waals surface area (Å²) in [5.74, 6) is 0. The molecule has 17 heavy (non-hydrogen) atoms. The highest BCUT2D eigenvalue weighted by Crippen LogP contribution is 2.10. The highest BCUT2D eigenvalue weighted by atomic mass is 32.2. The van der Waals surface area contributed by atoms with E-state index in [-0.39, 0.29) is 17.0 Å². The van der Waals surface area contributed by atoms with Crippen LogP contribution in [0.5, 0.6) is 0 Å². The maximum Gasteiger partial charge on any atom is 0.240 e. The number of hydrogen-bond donors (Lipinski definition) is 3. The molecule has 0 aliphatic carbocycles. The maximum absolute atomic E-state index is 11.7. The van der Waals surface area contributed by atoms with Crippen LogP contribution in [-0.2, 0) is 10.0 Å². The molecule has 0 saturated heterocycles. The van der Waals surface area contributed by atoms with Gasteiger partial charge in [-0.25, -0.2) is 13.1 Å². The molecule has 1 rings (SSSR count). The van der Waals surface area contributed by atoms with Crippen molar-refractivity contribution in [3.8, 4) is 6.07 Å². The van der Waals surface area contributed by atoms with Crippen LogP contribution in [-0.4, -0.2) is 37.9 Å². The fourth-order valence-electron chi connectivity index (χ4n) is 1.09. The topological polar surface area (TPSA) is 110 Å². The Bertz CT molecular complexity index is 521. The second-order valence-corrected chi connectivity index (χ2v) is 5.09. The van der Waals surface area contributed by atoms with Gasteiger partial charge >= 0.3 is 0 Å². The van der Waals surface area contributed by atoms with E-state index in [1.807, 2.05) is 6.07 Å². The number of nitrogens with one attached hydrogen (secondary N) is 1. The summed E-state index contributed by atoms with van der Waals surface area (Å²) in [4.78, 5) is -0.0540. The molecule has 1 aromatic carbocycles. The zero-order valence-electron chi connectivity index (χ0n) is 8.87. The third-order valence-electron chi connectivity index (χ3n) is 1.99. The van der Waals surface area contributed by atoms with E-state index in [0.29, 0.717) is 0 Å². The summed E-state index contributed by atoms with van der Waals surface area (Å²) in [6.45, 7) is -0.809. The van der Waals surface area contributed by atoms with E-state index in [1.165, 1.54) is 24.3 Å². The fourth-order valence-corrected chi connectivity index (χ4v) is 2.20. The molecular formula is C10H12N2O4S. The van der Waals surface area contributed by atoms with Crippen molar-refractivity contribution in [2.24, 2.45) is 0 Å². The van der Waals surface area contributed by atoms with Crippen LogP contribution in [0, 0.1) is 11.3 Å². The molecule has 0 bridgehead atoms. The second-order valence-electron chi connectivity index (χ2n) is 3.33. The number of sulfonamides is 1. The Morgan fingerprint density at radius 3 is 2.76 bits per heavy atom. The molecule has 0 saturated carbocycles. The van der Waals surface area contributed by atoms with E-state index in [2.05, 4.69) is 4.72 Å². The molecule has 1 aromatic rings. The Balaban J connectivity index is 2.86. The molecule has 1 atom stereocenters. The van der Waals surface area contributed by atoms with Crippen molar-refractivity contribution in [1.29, 1.82) is 5.26 Å². The lowest BCUT2D eigenvalue weighted by atomic mass is 10.2. The van der Waals surface area contributed by atoms with Gasteiger partial charge in [-0.1, -0.05) is 6.07 Å². The van der Waals surface area contributed by atoms with Gasteiger partial charge < -0.3 is 10.2 Å². The van der Waals surface area contributed by atoms with Crippen LogP contribution in [0.3, 0.4) is 0 Å². The van der Waals surface area contributed by atoms with E-state index in [4.69, 9.17) is 15.5 Å². The first-order valence-electron chi connectivity index (χ1n) is 4.78. The first-order valence-corrected chi connectivity index (χ1v) is 6.26. The van der Waals surface area contributed by atoms with E-state index >= 15 is 0 Å². The zero-order chi connectivity index (χ0) is 12.9. The minimum absolute atomic E-state index is 0.0540. The number of aliphatic hydroxyl groups excluding tert-OH is 2. The quantitative estimate of drug-likeness (QED) is 0.638. The third-order valence-corrected chi connectivity index (χ3v) is 3.41. The van der Waals surface area contributed by atoms with E-state index in [9.17, 15) is 8.42 Å². The minimum Gasteiger partial charge on any atom is -0.394 e. The summed E-state index contributed by atoms with van der Waals surface area (Å²) in [6.07, 6.45) is -1.15. The highest BCUT2D eigenvalue weighted by Gasteiger charge is 2.15. The number of nitrogens with zero attached hydrogens (tertiary/aromatic N) is 1. The van der Waals surface area contributed by atoms with Gasteiger partial charge in [0.1, 0.15) is 0 Å². The SMILES string of the molecule is N#Cc1cccc(S(=O)(=O)NCC(O)CO)c1. The van der Waals surface area contributed by atoms with Gasteiger partial charge in [-0.15, -0.1) is 0 Å². The van der Waals surface area contributed by atoms with Gasteiger partial charge in [0.05, 0.1) is 29.2 Å². The standard InChI is InChI=1S/C10H12N2O4S/c11-5-8-2-1-3-10(4-8)17(15,16)12-6-9(14)7-13/h1-4,9,12-14H,6-7H2. The normalized spacial score (nSPS) is 13.0. The largest absolute Gasteiger partial charge is 0.394 e. The summed E-state index contributed by atoms with van der Waals surface area (Å²) < 4.78 is 25.5. The average Bonchev–Trinajstić information content (AvgIpc) is 2.36. The summed E-state index contributed by atoms with van der Waals surface area (Å²) in [6, 6.07) is 7.35. The Labute approximate surface area is 99.2 Å². The van der Waals surface area contributed by atoms with Crippen LogP contribution in [0.4, 0.5) is 0 Å². The Hall–Kier alpha value is -1.46. The van der Waals surface area contributed by atoms with Crippen molar-refractivity contribution in [3.05, 3.63) is 29.8 Å². The van der Waals surface area contributed by atoms with E-state index < -0.39 is 22.7 Å². The van der Waals surface area contributed by atoms with Crippen molar-refractivity contribution >= 4 is 10.0 Å². The number of aliphatic hydroxyl groups is 2. The number of benzene rings is 1. The molecule has 6 nitrogen and oxygen atoms in total. The average molecular weight is 256 g/mol.